The molecule has 102 valence electrons. The molecular weight excluding hydrogens is 286 g/mol. The van der Waals surface area contributed by atoms with Crippen molar-refractivity contribution < 1.29 is 14.6 Å². The zero-order chi connectivity index (χ0) is 14.3. The van der Waals surface area contributed by atoms with Crippen LogP contribution in [-0.4, -0.2) is 16.5 Å². The summed E-state index contributed by atoms with van der Waals surface area (Å²) in [6, 6.07) is 5.38. The summed E-state index contributed by atoms with van der Waals surface area (Å²) >= 11 is 5.92. The number of aromatic nitrogens is 1. The first-order valence-electron chi connectivity index (χ1n) is 5.61. The standard InChI is InChI=1S/C13H8ClNO5/c14-7-1-2-8-9(3-7)15(12-5-19-6-20-12)13(18)11(17)4-10(8)16/h1-5,16H,6H2. The molecule has 0 unspecified atom stereocenters. The maximum atomic E-state index is 12.2. The molecule has 0 radical (unpaired) electrons. The number of fused-ring (bicyclic) bond motifs is 1. The van der Waals surface area contributed by atoms with E-state index in [0.29, 0.717) is 10.4 Å². The first-order chi connectivity index (χ1) is 9.58. The van der Waals surface area contributed by atoms with E-state index in [1.54, 1.807) is 6.07 Å². The third kappa shape index (κ3) is 1.90. The average Bonchev–Trinajstić information content (AvgIpc) is 2.89. The molecule has 0 fully saturated rings. The van der Waals surface area contributed by atoms with Crippen molar-refractivity contribution in [2.45, 2.75) is 0 Å². The second kappa shape index (κ2) is 4.57. The van der Waals surface area contributed by atoms with E-state index in [1.807, 2.05) is 0 Å². The second-order valence-electron chi connectivity index (χ2n) is 4.08. The Morgan fingerprint density at radius 3 is 2.75 bits per heavy atom. The summed E-state index contributed by atoms with van der Waals surface area (Å²) in [5.41, 5.74) is -1.49. The van der Waals surface area contributed by atoms with Crippen LogP contribution in [0.4, 0.5) is 0 Å². The molecule has 2 aromatic rings. The predicted molar refractivity (Wildman–Crippen MR) is 72.5 cm³/mol. The van der Waals surface area contributed by atoms with Crippen LogP contribution in [0, 0.1) is 0 Å². The van der Waals surface area contributed by atoms with Crippen LogP contribution < -0.4 is 11.0 Å². The van der Waals surface area contributed by atoms with Gasteiger partial charge in [0.2, 0.25) is 18.1 Å². The number of benzene rings is 1. The highest BCUT2D eigenvalue weighted by molar-refractivity contribution is 6.31. The molecule has 1 aliphatic heterocycles. The Hall–Kier alpha value is -2.47. The minimum atomic E-state index is -0.869. The van der Waals surface area contributed by atoms with Crippen LogP contribution in [0.3, 0.4) is 0 Å². The minimum absolute atomic E-state index is 0.0530. The molecule has 0 atom stereocenters. The van der Waals surface area contributed by atoms with E-state index >= 15 is 0 Å². The maximum Gasteiger partial charge on any atom is 0.305 e. The Labute approximate surface area is 117 Å². The van der Waals surface area contributed by atoms with E-state index in [2.05, 4.69) is 0 Å². The van der Waals surface area contributed by atoms with E-state index in [1.165, 1.54) is 18.4 Å². The zero-order valence-corrected chi connectivity index (χ0v) is 10.8. The summed E-state index contributed by atoms with van der Waals surface area (Å²) in [6.07, 6.45) is 1.22. The number of rotatable bonds is 1. The second-order valence-corrected chi connectivity index (χ2v) is 4.52. The molecule has 7 heteroatoms. The summed E-state index contributed by atoms with van der Waals surface area (Å²) in [7, 11) is 0. The van der Waals surface area contributed by atoms with Crippen molar-refractivity contribution in [2.75, 3.05) is 6.79 Å². The molecule has 1 aromatic heterocycles. The molecule has 0 amide bonds. The molecule has 0 bridgehead atoms. The van der Waals surface area contributed by atoms with Gasteiger partial charge < -0.3 is 14.6 Å². The topological polar surface area (TPSA) is 77.8 Å². The van der Waals surface area contributed by atoms with Gasteiger partial charge >= 0.3 is 5.56 Å². The molecule has 20 heavy (non-hydrogen) atoms. The first kappa shape index (κ1) is 12.6. The van der Waals surface area contributed by atoms with Gasteiger partial charge in [-0.2, -0.15) is 0 Å². The number of hydrogen-bond acceptors (Lipinski definition) is 5. The van der Waals surface area contributed by atoms with Crippen molar-refractivity contribution in [1.82, 2.24) is 4.57 Å². The summed E-state index contributed by atoms with van der Waals surface area (Å²) in [5, 5.41) is 10.6. The SMILES string of the molecule is O=c1cc(O)c2ccc(Cl)cc2n(C2=COCO2)c1=O. The Bertz CT molecular complexity index is 856. The van der Waals surface area contributed by atoms with E-state index < -0.39 is 11.0 Å². The maximum absolute atomic E-state index is 12.2. The van der Waals surface area contributed by atoms with Gasteiger partial charge in [-0.25, -0.2) is 4.57 Å². The molecule has 0 saturated carbocycles. The smallest absolute Gasteiger partial charge is 0.305 e. The van der Waals surface area contributed by atoms with Crippen LogP contribution in [0.25, 0.3) is 16.8 Å². The molecule has 1 aliphatic rings. The van der Waals surface area contributed by atoms with Crippen molar-refractivity contribution in [3.05, 3.63) is 56.1 Å². The van der Waals surface area contributed by atoms with E-state index in [-0.39, 0.29) is 23.9 Å². The first-order valence-corrected chi connectivity index (χ1v) is 5.99. The molecule has 2 heterocycles. The molecule has 1 aromatic carbocycles. The van der Waals surface area contributed by atoms with E-state index in [9.17, 15) is 14.7 Å². The summed E-state index contributed by atoms with van der Waals surface area (Å²) in [5.74, 6) is -0.244. The average molecular weight is 294 g/mol. The predicted octanol–water partition coefficient (Wildman–Crippen LogP) is 1.48. The lowest BCUT2D eigenvalue weighted by Gasteiger charge is -2.06. The van der Waals surface area contributed by atoms with Gasteiger partial charge in [-0.3, -0.25) is 9.59 Å². The quantitative estimate of drug-likeness (QED) is 0.806. The fourth-order valence-electron chi connectivity index (χ4n) is 1.96. The van der Waals surface area contributed by atoms with Gasteiger partial charge in [0.25, 0.3) is 0 Å². The Morgan fingerprint density at radius 1 is 1.25 bits per heavy atom. The lowest BCUT2D eigenvalue weighted by Crippen LogP contribution is -2.30. The zero-order valence-electron chi connectivity index (χ0n) is 10.00. The Morgan fingerprint density at radius 2 is 2.05 bits per heavy atom. The summed E-state index contributed by atoms with van der Waals surface area (Å²) < 4.78 is 11.1. The van der Waals surface area contributed by atoms with Crippen LogP contribution in [0.5, 0.6) is 5.75 Å². The molecule has 0 spiro atoms. The Balaban J connectivity index is 2.57. The van der Waals surface area contributed by atoms with E-state index in [4.69, 9.17) is 21.1 Å². The fraction of sp³-hybridized carbons (Fsp3) is 0.0769. The van der Waals surface area contributed by atoms with Crippen molar-refractivity contribution in [3.63, 3.8) is 0 Å². The highest BCUT2D eigenvalue weighted by atomic mass is 35.5. The van der Waals surface area contributed by atoms with Crippen LogP contribution >= 0.6 is 11.6 Å². The highest BCUT2D eigenvalue weighted by Crippen LogP contribution is 2.26. The van der Waals surface area contributed by atoms with Gasteiger partial charge in [-0.05, 0) is 18.2 Å². The van der Waals surface area contributed by atoms with Crippen LogP contribution in [0.1, 0.15) is 0 Å². The lowest BCUT2D eigenvalue weighted by molar-refractivity contribution is 0.0961. The number of hydrogen-bond donors (Lipinski definition) is 1. The van der Waals surface area contributed by atoms with Gasteiger partial charge in [0, 0.05) is 16.5 Å². The molecule has 3 rings (SSSR count). The fourth-order valence-corrected chi connectivity index (χ4v) is 2.13. The van der Waals surface area contributed by atoms with Crippen molar-refractivity contribution in [2.24, 2.45) is 0 Å². The largest absolute Gasteiger partial charge is 0.507 e. The van der Waals surface area contributed by atoms with Crippen LogP contribution in [0.15, 0.2) is 40.1 Å². The highest BCUT2D eigenvalue weighted by Gasteiger charge is 2.16. The third-order valence-corrected chi connectivity index (χ3v) is 3.07. The number of halogens is 1. The van der Waals surface area contributed by atoms with Crippen LogP contribution in [-0.2, 0) is 9.47 Å². The van der Waals surface area contributed by atoms with Crippen molar-refractivity contribution >= 4 is 28.4 Å². The lowest BCUT2D eigenvalue weighted by atomic mass is 10.2. The molecule has 0 saturated heterocycles. The number of nitrogens with zero attached hydrogens (tertiary/aromatic N) is 1. The van der Waals surface area contributed by atoms with E-state index in [0.717, 1.165) is 10.6 Å². The van der Waals surface area contributed by atoms with Gasteiger partial charge in [0.1, 0.15) is 12.0 Å². The van der Waals surface area contributed by atoms with Gasteiger partial charge in [0.15, 0.2) is 0 Å². The molecule has 1 N–H and O–H groups in total. The van der Waals surface area contributed by atoms with Gasteiger partial charge in [0.05, 0.1) is 5.52 Å². The summed E-state index contributed by atoms with van der Waals surface area (Å²) in [6.45, 7) is -0.0530. The van der Waals surface area contributed by atoms with Crippen molar-refractivity contribution in [1.29, 1.82) is 0 Å². The number of aromatic hydroxyl groups is 1. The summed E-state index contributed by atoms with van der Waals surface area (Å²) in [4.78, 5) is 23.9. The Kier molecular flexibility index (Phi) is 2.87. The third-order valence-electron chi connectivity index (χ3n) is 2.84. The monoisotopic (exact) mass is 293 g/mol. The van der Waals surface area contributed by atoms with Gasteiger partial charge in [-0.1, -0.05) is 11.6 Å². The molecule has 0 aliphatic carbocycles. The number of ether oxygens (including phenoxy) is 2. The molecule has 6 nitrogen and oxygen atoms in total. The van der Waals surface area contributed by atoms with Gasteiger partial charge in [-0.15, -0.1) is 0 Å². The molecular formula is C13H8ClNO5. The normalized spacial score (nSPS) is 13.8. The van der Waals surface area contributed by atoms with Crippen molar-refractivity contribution in [3.8, 4) is 5.75 Å². The van der Waals surface area contributed by atoms with Crippen LogP contribution in [0.2, 0.25) is 5.02 Å². The minimum Gasteiger partial charge on any atom is -0.507 e.